The number of hydrogen-bond acceptors (Lipinski definition) is 5. The molecule has 3 aromatic rings. The van der Waals surface area contributed by atoms with E-state index in [4.69, 9.17) is 9.15 Å². The van der Waals surface area contributed by atoms with Crippen LogP contribution in [0.2, 0.25) is 0 Å². The van der Waals surface area contributed by atoms with Crippen molar-refractivity contribution >= 4 is 17.7 Å². The molecule has 2 aromatic carbocycles. The molecule has 0 radical (unpaired) electrons. The van der Waals surface area contributed by atoms with E-state index in [1.165, 1.54) is 19.2 Å². The van der Waals surface area contributed by atoms with Crippen LogP contribution in [-0.4, -0.2) is 18.1 Å². The van der Waals surface area contributed by atoms with Crippen molar-refractivity contribution in [3.05, 3.63) is 71.1 Å². The summed E-state index contributed by atoms with van der Waals surface area (Å²) in [5.41, 5.74) is 1.26. The number of halogens is 3. The summed E-state index contributed by atoms with van der Waals surface area (Å²) < 4.78 is 48.6. The van der Waals surface area contributed by atoms with Crippen LogP contribution in [0.4, 0.5) is 13.2 Å². The van der Waals surface area contributed by atoms with Crippen molar-refractivity contribution in [2.45, 2.75) is 43.0 Å². The normalized spacial score (nSPS) is 12.1. The fourth-order valence-corrected chi connectivity index (χ4v) is 4.41. The average molecular weight is 449 g/mol. The first-order chi connectivity index (χ1) is 14.5. The van der Waals surface area contributed by atoms with Crippen molar-refractivity contribution in [1.82, 2.24) is 4.98 Å². The minimum absolute atomic E-state index is 0.185. The summed E-state index contributed by atoms with van der Waals surface area (Å²) in [6.45, 7) is 5.77. The number of carbonyl (C=O) groups is 1. The Morgan fingerprint density at radius 2 is 1.81 bits per heavy atom. The Labute approximate surface area is 182 Å². The summed E-state index contributed by atoms with van der Waals surface area (Å²) in [5.74, 6) is 0.591. The van der Waals surface area contributed by atoms with Gasteiger partial charge in [-0.25, -0.2) is 4.98 Å². The van der Waals surface area contributed by atoms with Gasteiger partial charge in [-0.3, -0.25) is 4.79 Å². The number of oxazole rings is 1. The molecule has 8 heteroatoms. The Hall–Kier alpha value is -2.74. The molecule has 0 unspecified atom stereocenters. The molecule has 1 aromatic heterocycles. The molecule has 0 fully saturated rings. The van der Waals surface area contributed by atoms with Crippen LogP contribution in [-0.2, 0) is 26.9 Å². The number of alkyl halides is 3. The van der Waals surface area contributed by atoms with Crippen molar-refractivity contribution in [3.8, 4) is 11.5 Å². The zero-order valence-electron chi connectivity index (χ0n) is 17.5. The third kappa shape index (κ3) is 5.50. The van der Waals surface area contributed by atoms with E-state index >= 15 is 0 Å². The van der Waals surface area contributed by atoms with E-state index in [1.54, 1.807) is 11.8 Å². The molecule has 0 spiro atoms. The quantitative estimate of drug-likeness (QED) is 0.321. The Kier molecular flexibility index (Phi) is 6.50. The number of esters is 1. The first kappa shape index (κ1) is 22.9. The summed E-state index contributed by atoms with van der Waals surface area (Å²) >= 11 is 1.54. The molecular weight excluding hydrogens is 427 g/mol. The van der Waals surface area contributed by atoms with E-state index in [-0.39, 0.29) is 18.3 Å². The Balaban J connectivity index is 1.83. The summed E-state index contributed by atoms with van der Waals surface area (Å²) in [5, 5.41) is 0. The van der Waals surface area contributed by atoms with Gasteiger partial charge in [0, 0.05) is 10.5 Å². The molecule has 31 heavy (non-hydrogen) atoms. The first-order valence-corrected chi connectivity index (χ1v) is 10.3. The van der Waals surface area contributed by atoms with Gasteiger partial charge in [0.25, 0.3) is 0 Å². The van der Waals surface area contributed by atoms with Crippen molar-refractivity contribution in [2.24, 2.45) is 0 Å². The van der Waals surface area contributed by atoms with Gasteiger partial charge in [0.1, 0.15) is 5.76 Å². The number of benzene rings is 2. The number of rotatable bonds is 6. The smallest absolute Gasteiger partial charge is 0.416 e. The molecule has 4 nitrogen and oxygen atoms in total. The van der Waals surface area contributed by atoms with Crippen molar-refractivity contribution in [2.75, 3.05) is 7.11 Å². The minimum Gasteiger partial charge on any atom is -0.469 e. The van der Waals surface area contributed by atoms with Gasteiger partial charge >= 0.3 is 12.1 Å². The van der Waals surface area contributed by atoms with Gasteiger partial charge in [-0.1, -0.05) is 12.1 Å². The second kappa shape index (κ2) is 8.78. The Morgan fingerprint density at radius 3 is 2.42 bits per heavy atom. The van der Waals surface area contributed by atoms with E-state index in [9.17, 15) is 18.0 Å². The van der Waals surface area contributed by atoms with Crippen LogP contribution < -0.4 is 0 Å². The topological polar surface area (TPSA) is 52.3 Å². The predicted octanol–water partition coefficient (Wildman–Crippen LogP) is 6.41. The molecule has 1 heterocycles. The molecule has 164 valence electrons. The second-order valence-electron chi connectivity index (χ2n) is 7.52. The molecule has 0 aliphatic heterocycles. The number of nitrogens with zero attached hydrogens (tertiary/aromatic N) is 1. The van der Waals surface area contributed by atoms with E-state index < -0.39 is 16.5 Å². The van der Waals surface area contributed by atoms with Gasteiger partial charge in [0.2, 0.25) is 5.89 Å². The summed E-state index contributed by atoms with van der Waals surface area (Å²) in [7, 11) is 1.35. The summed E-state index contributed by atoms with van der Waals surface area (Å²) in [6.07, 6.45) is -4.21. The lowest BCUT2D eigenvalue weighted by molar-refractivity contribution is -0.140. The minimum atomic E-state index is -4.39. The zero-order valence-corrected chi connectivity index (χ0v) is 18.4. The van der Waals surface area contributed by atoms with Crippen LogP contribution in [0.5, 0.6) is 0 Å². The van der Waals surface area contributed by atoms with Gasteiger partial charge in [-0.15, -0.1) is 11.8 Å². The second-order valence-corrected chi connectivity index (χ2v) is 9.22. The van der Waals surface area contributed by atoms with Crippen molar-refractivity contribution in [1.29, 1.82) is 0 Å². The maximum absolute atomic E-state index is 12.8. The highest BCUT2D eigenvalue weighted by molar-refractivity contribution is 8.00. The highest BCUT2D eigenvalue weighted by Crippen LogP contribution is 2.43. The number of hydrogen-bond donors (Lipinski definition) is 0. The molecule has 0 amide bonds. The van der Waals surface area contributed by atoms with Gasteiger partial charge in [0.05, 0.1) is 29.5 Å². The Morgan fingerprint density at radius 1 is 1.13 bits per heavy atom. The SMILES string of the molecule is COC(=O)Cc1cccc(SC(C)(C)c2oc(-c3ccc(C(F)(F)F)cc3)nc2C)c1. The lowest BCUT2D eigenvalue weighted by Gasteiger charge is -2.22. The molecule has 3 rings (SSSR count). The summed E-state index contributed by atoms with van der Waals surface area (Å²) in [6, 6.07) is 12.3. The molecule has 0 bridgehead atoms. The van der Waals surface area contributed by atoms with Crippen LogP contribution in [0.15, 0.2) is 57.8 Å². The largest absolute Gasteiger partial charge is 0.469 e. The number of ether oxygens (including phenoxy) is 1. The number of aryl methyl sites for hydroxylation is 1. The standard InChI is InChI=1S/C23H22F3NO3S/c1-14-20(30-21(27-14)16-8-10-17(11-9-16)23(24,25)26)22(2,3)31-18-7-5-6-15(12-18)13-19(28)29-4/h5-12H,13H2,1-4H3. The highest BCUT2D eigenvalue weighted by atomic mass is 32.2. The van der Waals surface area contributed by atoms with Crippen LogP contribution in [0, 0.1) is 6.92 Å². The van der Waals surface area contributed by atoms with E-state index in [2.05, 4.69) is 4.98 Å². The number of thioether (sulfide) groups is 1. The third-order valence-electron chi connectivity index (χ3n) is 4.65. The maximum atomic E-state index is 12.8. The van der Waals surface area contributed by atoms with Crippen molar-refractivity contribution < 1.29 is 27.1 Å². The lowest BCUT2D eigenvalue weighted by Crippen LogP contribution is -2.12. The molecular formula is C23H22F3NO3S. The number of carbonyl (C=O) groups excluding carboxylic acids is 1. The highest BCUT2D eigenvalue weighted by Gasteiger charge is 2.32. The van der Waals surface area contributed by atoms with E-state index in [0.29, 0.717) is 17.0 Å². The average Bonchev–Trinajstić information content (AvgIpc) is 3.10. The first-order valence-electron chi connectivity index (χ1n) is 9.50. The number of aromatic nitrogens is 1. The van der Waals surface area contributed by atoms with Crippen molar-refractivity contribution in [3.63, 3.8) is 0 Å². The summed E-state index contributed by atoms with van der Waals surface area (Å²) in [4.78, 5) is 16.9. The van der Waals surface area contributed by atoms with Crippen LogP contribution >= 0.6 is 11.8 Å². The maximum Gasteiger partial charge on any atom is 0.416 e. The van der Waals surface area contributed by atoms with Crippen LogP contribution in [0.25, 0.3) is 11.5 Å². The molecule has 0 aliphatic rings. The predicted molar refractivity (Wildman–Crippen MR) is 113 cm³/mol. The molecule has 0 saturated carbocycles. The van der Waals surface area contributed by atoms with Gasteiger partial charge in [0.15, 0.2) is 0 Å². The fraction of sp³-hybridized carbons (Fsp3) is 0.304. The molecule has 0 N–H and O–H groups in total. The Bertz CT molecular complexity index is 1070. The van der Waals surface area contributed by atoms with E-state index in [0.717, 1.165) is 22.6 Å². The molecule has 0 saturated heterocycles. The van der Waals surface area contributed by atoms with Gasteiger partial charge in [-0.2, -0.15) is 13.2 Å². The van der Waals surface area contributed by atoms with Crippen LogP contribution in [0.3, 0.4) is 0 Å². The molecule has 0 aliphatic carbocycles. The lowest BCUT2D eigenvalue weighted by atomic mass is 10.1. The van der Waals surface area contributed by atoms with Gasteiger partial charge in [-0.05, 0) is 62.7 Å². The fourth-order valence-electron chi connectivity index (χ4n) is 3.18. The third-order valence-corrected chi connectivity index (χ3v) is 5.84. The van der Waals surface area contributed by atoms with E-state index in [1.807, 2.05) is 45.0 Å². The monoisotopic (exact) mass is 449 g/mol. The van der Waals surface area contributed by atoms with Crippen LogP contribution in [0.1, 0.15) is 36.4 Å². The van der Waals surface area contributed by atoms with Gasteiger partial charge < -0.3 is 9.15 Å². The number of methoxy groups -OCH3 is 1. The zero-order chi connectivity index (χ0) is 22.8. The molecule has 0 atom stereocenters.